The van der Waals surface area contributed by atoms with Gasteiger partial charge in [0, 0.05) is 29.8 Å². The van der Waals surface area contributed by atoms with Crippen molar-refractivity contribution in [3.8, 4) is 0 Å². The highest BCUT2D eigenvalue weighted by atomic mass is 32.2. The number of nitrogens with two attached hydrogens (primary N) is 1. The Bertz CT molecular complexity index is 193. The Balaban J connectivity index is 2.38. The second kappa shape index (κ2) is 5.88. The maximum Gasteiger partial charge on any atom is 0.239 e. The van der Waals surface area contributed by atoms with Crippen molar-refractivity contribution in [3.05, 3.63) is 0 Å². The molecule has 2 N–H and O–H groups in total. The summed E-state index contributed by atoms with van der Waals surface area (Å²) >= 11 is 6.13. The zero-order chi connectivity index (χ0) is 10.6. The molecule has 0 bridgehead atoms. The van der Waals surface area contributed by atoms with E-state index in [0.717, 1.165) is 24.6 Å². The average Bonchev–Trinajstić information content (AvgIpc) is 2.17. The van der Waals surface area contributed by atoms with E-state index in [2.05, 4.69) is 12.6 Å². The van der Waals surface area contributed by atoms with E-state index in [0.29, 0.717) is 6.42 Å². The first-order chi connectivity index (χ1) is 6.61. The van der Waals surface area contributed by atoms with Gasteiger partial charge in [-0.3, -0.25) is 4.79 Å². The highest BCUT2D eigenvalue weighted by Crippen LogP contribution is 2.12. The van der Waals surface area contributed by atoms with E-state index in [9.17, 15) is 4.79 Å². The van der Waals surface area contributed by atoms with Crippen LogP contribution in [0.2, 0.25) is 0 Å². The fraction of sp³-hybridized carbons (Fsp3) is 0.889. The molecule has 0 aromatic heterocycles. The van der Waals surface area contributed by atoms with Gasteiger partial charge in [0.25, 0.3) is 0 Å². The summed E-state index contributed by atoms with van der Waals surface area (Å²) in [6.07, 6.45) is 0.658. The van der Waals surface area contributed by atoms with Crippen LogP contribution in [0.3, 0.4) is 0 Å². The van der Waals surface area contributed by atoms with Gasteiger partial charge in [0.05, 0.1) is 6.04 Å². The smallest absolute Gasteiger partial charge is 0.239 e. The van der Waals surface area contributed by atoms with Crippen LogP contribution in [0.25, 0.3) is 0 Å². The minimum atomic E-state index is -0.370. The predicted octanol–water partition coefficient (Wildman–Crippen LogP) is 0.597. The molecule has 2 unspecified atom stereocenters. The van der Waals surface area contributed by atoms with Crippen LogP contribution in [0.15, 0.2) is 0 Å². The van der Waals surface area contributed by atoms with E-state index >= 15 is 0 Å². The Hall–Kier alpha value is 0.130. The lowest BCUT2D eigenvalue weighted by Gasteiger charge is -2.29. The first kappa shape index (κ1) is 12.2. The molecule has 1 saturated heterocycles. The van der Waals surface area contributed by atoms with Crippen LogP contribution in [0.5, 0.6) is 0 Å². The lowest BCUT2D eigenvalue weighted by Crippen LogP contribution is -2.47. The van der Waals surface area contributed by atoms with Crippen LogP contribution in [0, 0.1) is 0 Å². The van der Waals surface area contributed by atoms with Gasteiger partial charge in [0.1, 0.15) is 0 Å². The van der Waals surface area contributed by atoms with Crippen molar-refractivity contribution in [2.75, 3.05) is 24.6 Å². The Morgan fingerprint density at radius 1 is 1.57 bits per heavy atom. The quantitative estimate of drug-likeness (QED) is 0.703. The minimum Gasteiger partial charge on any atom is -0.340 e. The van der Waals surface area contributed by atoms with Gasteiger partial charge in [0.15, 0.2) is 0 Å². The number of hydrogen-bond donors (Lipinski definition) is 2. The fourth-order valence-corrected chi connectivity index (χ4v) is 2.62. The average molecular weight is 234 g/mol. The molecule has 2 atom stereocenters. The van der Waals surface area contributed by atoms with Crippen LogP contribution < -0.4 is 5.73 Å². The summed E-state index contributed by atoms with van der Waals surface area (Å²) in [5.41, 5.74) is 5.80. The zero-order valence-corrected chi connectivity index (χ0v) is 10.2. The lowest BCUT2D eigenvalue weighted by atomic mass is 10.1. The highest BCUT2D eigenvalue weighted by Gasteiger charge is 2.23. The molecule has 0 spiro atoms. The molecule has 0 aromatic carbocycles. The van der Waals surface area contributed by atoms with Gasteiger partial charge in [-0.05, 0) is 6.42 Å². The second-order valence-electron chi connectivity index (χ2n) is 3.63. The molecule has 1 rings (SSSR count). The maximum absolute atomic E-state index is 11.8. The van der Waals surface area contributed by atoms with Crippen molar-refractivity contribution in [1.29, 1.82) is 0 Å². The molecular weight excluding hydrogens is 216 g/mol. The number of thiol groups is 1. The molecule has 0 saturated carbocycles. The van der Waals surface area contributed by atoms with Crippen molar-refractivity contribution >= 4 is 30.3 Å². The van der Waals surface area contributed by atoms with E-state index in [4.69, 9.17) is 5.73 Å². The van der Waals surface area contributed by atoms with Gasteiger partial charge < -0.3 is 10.6 Å². The van der Waals surface area contributed by atoms with Crippen molar-refractivity contribution < 1.29 is 4.79 Å². The summed E-state index contributed by atoms with van der Waals surface area (Å²) in [7, 11) is 0. The third-order valence-electron chi connectivity index (χ3n) is 2.24. The van der Waals surface area contributed by atoms with Gasteiger partial charge in [-0.15, -0.1) is 0 Å². The number of rotatable bonds is 3. The van der Waals surface area contributed by atoms with E-state index in [1.54, 1.807) is 0 Å². The monoisotopic (exact) mass is 234 g/mol. The molecule has 82 valence electrons. The topological polar surface area (TPSA) is 46.3 Å². The summed E-state index contributed by atoms with van der Waals surface area (Å²) in [6, 6.07) is -0.370. The molecule has 5 heteroatoms. The Morgan fingerprint density at radius 2 is 2.14 bits per heavy atom. The van der Waals surface area contributed by atoms with Gasteiger partial charge in [-0.2, -0.15) is 24.4 Å². The molecule has 0 aliphatic carbocycles. The van der Waals surface area contributed by atoms with E-state index in [1.165, 1.54) is 0 Å². The normalized spacial score (nSPS) is 21.8. The van der Waals surface area contributed by atoms with Crippen molar-refractivity contribution in [2.24, 2.45) is 5.73 Å². The van der Waals surface area contributed by atoms with Crippen LogP contribution in [-0.2, 0) is 4.79 Å². The molecule has 0 radical (unpaired) electrons. The second-order valence-corrected chi connectivity index (χ2v) is 5.74. The van der Waals surface area contributed by atoms with Gasteiger partial charge in [0.2, 0.25) is 5.91 Å². The fourth-order valence-electron chi connectivity index (χ4n) is 1.49. The Morgan fingerprint density at radius 3 is 2.64 bits per heavy atom. The summed E-state index contributed by atoms with van der Waals surface area (Å²) in [4.78, 5) is 13.7. The maximum atomic E-state index is 11.8. The number of hydrogen-bond acceptors (Lipinski definition) is 4. The van der Waals surface area contributed by atoms with E-state index in [-0.39, 0.29) is 17.2 Å². The van der Waals surface area contributed by atoms with Crippen molar-refractivity contribution in [3.63, 3.8) is 0 Å². The first-order valence-corrected chi connectivity index (χ1v) is 6.58. The molecule has 1 aliphatic rings. The summed E-state index contributed by atoms with van der Waals surface area (Å²) in [6.45, 7) is 3.65. The molecule has 1 amide bonds. The molecule has 0 aromatic rings. The van der Waals surface area contributed by atoms with Crippen LogP contribution in [-0.4, -0.2) is 46.7 Å². The third-order valence-corrected chi connectivity index (χ3v) is 3.39. The van der Waals surface area contributed by atoms with Crippen LogP contribution in [0.1, 0.15) is 13.3 Å². The highest BCUT2D eigenvalue weighted by molar-refractivity contribution is 7.99. The number of amides is 1. The summed E-state index contributed by atoms with van der Waals surface area (Å²) < 4.78 is 0. The number of carbonyl (C=O) groups excluding carboxylic acids is 1. The summed E-state index contributed by atoms with van der Waals surface area (Å²) in [5.74, 6) is 2.16. The molecule has 14 heavy (non-hydrogen) atoms. The van der Waals surface area contributed by atoms with Gasteiger partial charge >= 0.3 is 0 Å². The summed E-state index contributed by atoms with van der Waals surface area (Å²) in [5, 5.41) is 0.188. The Kier molecular flexibility index (Phi) is 5.12. The van der Waals surface area contributed by atoms with Crippen molar-refractivity contribution in [1.82, 2.24) is 4.90 Å². The lowest BCUT2D eigenvalue weighted by molar-refractivity contribution is -0.132. The van der Waals surface area contributed by atoms with Crippen LogP contribution >= 0.6 is 24.4 Å². The standard InChI is InChI=1S/C9H18N2OS2/c1-7(13)6-8(10)9(12)11-2-4-14-5-3-11/h7-8,13H,2-6,10H2,1H3. The number of nitrogens with zero attached hydrogens (tertiary/aromatic N) is 1. The van der Waals surface area contributed by atoms with E-state index < -0.39 is 0 Å². The predicted molar refractivity (Wildman–Crippen MR) is 64.9 cm³/mol. The van der Waals surface area contributed by atoms with Gasteiger partial charge in [-0.25, -0.2) is 0 Å². The Labute approximate surface area is 95.2 Å². The molecule has 3 nitrogen and oxygen atoms in total. The molecule has 1 heterocycles. The molecule has 1 aliphatic heterocycles. The zero-order valence-electron chi connectivity index (χ0n) is 8.48. The number of thioether (sulfide) groups is 1. The molecule has 1 fully saturated rings. The van der Waals surface area contributed by atoms with E-state index in [1.807, 2.05) is 23.6 Å². The van der Waals surface area contributed by atoms with Crippen molar-refractivity contribution in [2.45, 2.75) is 24.6 Å². The first-order valence-electron chi connectivity index (χ1n) is 4.91. The number of carbonyl (C=O) groups is 1. The van der Waals surface area contributed by atoms with Gasteiger partial charge in [-0.1, -0.05) is 6.92 Å². The SMILES string of the molecule is CC(S)CC(N)C(=O)N1CCSCC1. The molecular formula is C9H18N2OS2. The van der Waals surface area contributed by atoms with Crippen LogP contribution in [0.4, 0.5) is 0 Å². The third kappa shape index (κ3) is 3.71. The largest absolute Gasteiger partial charge is 0.340 e. The minimum absolute atomic E-state index is 0.0891.